The van der Waals surface area contributed by atoms with Gasteiger partial charge in [0.1, 0.15) is 0 Å². The maximum atomic E-state index is 11.0. The molecule has 1 aromatic carbocycles. The van der Waals surface area contributed by atoms with Gasteiger partial charge in [-0.3, -0.25) is 9.59 Å². The standard InChI is InChI=1S/C11H11BrClNO3/c1-6(15)14-10(5-11(16)17)7-2-3-9(13)8(12)4-7/h2-4,10H,5H2,1H3,(H,14,15)(H,16,17)/t10-/m1/s1. The number of carbonyl (C=O) groups excluding carboxylic acids is 1. The van der Waals surface area contributed by atoms with Gasteiger partial charge in [0.25, 0.3) is 0 Å². The van der Waals surface area contributed by atoms with E-state index in [-0.39, 0.29) is 12.3 Å². The summed E-state index contributed by atoms with van der Waals surface area (Å²) < 4.78 is 0.664. The third-order valence-electron chi connectivity index (χ3n) is 2.10. The van der Waals surface area contributed by atoms with Gasteiger partial charge in [-0.1, -0.05) is 17.7 Å². The van der Waals surface area contributed by atoms with E-state index in [2.05, 4.69) is 21.2 Å². The van der Waals surface area contributed by atoms with Crippen LogP contribution in [0, 0.1) is 0 Å². The van der Waals surface area contributed by atoms with Gasteiger partial charge in [-0.15, -0.1) is 0 Å². The predicted molar refractivity (Wildman–Crippen MR) is 68.0 cm³/mol. The van der Waals surface area contributed by atoms with Crippen LogP contribution < -0.4 is 5.32 Å². The molecule has 1 rings (SSSR count). The van der Waals surface area contributed by atoms with E-state index in [1.165, 1.54) is 6.92 Å². The third kappa shape index (κ3) is 4.36. The molecule has 4 nitrogen and oxygen atoms in total. The summed E-state index contributed by atoms with van der Waals surface area (Å²) in [5, 5.41) is 11.9. The summed E-state index contributed by atoms with van der Waals surface area (Å²) in [4.78, 5) is 21.7. The number of benzene rings is 1. The van der Waals surface area contributed by atoms with E-state index in [9.17, 15) is 9.59 Å². The summed E-state index contributed by atoms with van der Waals surface area (Å²) in [6, 6.07) is 4.48. The average Bonchev–Trinajstić information content (AvgIpc) is 2.19. The molecule has 2 N–H and O–H groups in total. The fourth-order valence-corrected chi connectivity index (χ4v) is 1.92. The Hall–Kier alpha value is -1.07. The molecule has 17 heavy (non-hydrogen) atoms. The molecule has 0 radical (unpaired) electrons. The normalized spacial score (nSPS) is 11.9. The Morgan fingerprint density at radius 2 is 2.18 bits per heavy atom. The number of hydrogen-bond donors (Lipinski definition) is 2. The van der Waals surface area contributed by atoms with Crippen LogP contribution in [0.1, 0.15) is 24.9 Å². The first kappa shape index (κ1) is 14.0. The summed E-state index contributed by atoms with van der Waals surface area (Å²) in [5.74, 6) is -1.25. The van der Waals surface area contributed by atoms with Crippen LogP contribution in [0.5, 0.6) is 0 Å². The highest BCUT2D eigenvalue weighted by Crippen LogP contribution is 2.27. The molecule has 0 aliphatic rings. The maximum Gasteiger partial charge on any atom is 0.305 e. The molecule has 92 valence electrons. The van der Waals surface area contributed by atoms with Gasteiger partial charge >= 0.3 is 5.97 Å². The van der Waals surface area contributed by atoms with E-state index in [0.29, 0.717) is 15.1 Å². The molecule has 1 atom stereocenters. The molecule has 0 fully saturated rings. The number of aliphatic carboxylic acids is 1. The van der Waals surface area contributed by atoms with Crippen molar-refractivity contribution in [3.63, 3.8) is 0 Å². The van der Waals surface area contributed by atoms with Gasteiger partial charge in [-0.05, 0) is 33.6 Å². The van der Waals surface area contributed by atoms with E-state index in [1.807, 2.05) is 0 Å². The Morgan fingerprint density at radius 1 is 1.53 bits per heavy atom. The van der Waals surface area contributed by atoms with Crippen LogP contribution in [0.4, 0.5) is 0 Å². The number of amides is 1. The van der Waals surface area contributed by atoms with Crippen LogP contribution in [-0.2, 0) is 9.59 Å². The van der Waals surface area contributed by atoms with Crippen LogP contribution >= 0.6 is 27.5 Å². The number of carboxylic acid groups (broad SMARTS) is 1. The Labute approximate surface area is 112 Å². The molecule has 1 amide bonds. The zero-order valence-corrected chi connectivity index (χ0v) is 11.4. The van der Waals surface area contributed by atoms with Crippen molar-refractivity contribution in [3.05, 3.63) is 33.3 Å². The minimum atomic E-state index is -0.977. The second-order valence-corrected chi connectivity index (χ2v) is 4.79. The fourth-order valence-electron chi connectivity index (χ4n) is 1.40. The first-order valence-electron chi connectivity index (χ1n) is 4.84. The van der Waals surface area contributed by atoms with Crippen molar-refractivity contribution >= 4 is 39.4 Å². The molecule has 0 bridgehead atoms. The van der Waals surface area contributed by atoms with Gasteiger partial charge in [0.05, 0.1) is 17.5 Å². The lowest BCUT2D eigenvalue weighted by Gasteiger charge is -2.16. The molecule has 1 aromatic rings. The van der Waals surface area contributed by atoms with Crippen LogP contribution in [0.3, 0.4) is 0 Å². The monoisotopic (exact) mass is 319 g/mol. The smallest absolute Gasteiger partial charge is 0.305 e. The van der Waals surface area contributed by atoms with E-state index >= 15 is 0 Å². The van der Waals surface area contributed by atoms with Crippen LogP contribution in [0.25, 0.3) is 0 Å². The Bertz CT molecular complexity index is 434. The Morgan fingerprint density at radius 3 is 2.65 bits per heavy atom. The van der Waals surface area contributed by atoms with E-state index in [4.69, 9.17) is 16.7 Å². The van der Waals surface area contributed by atoms with Gasteiger partial charge in [0.15, 0.2) is 0 Å². The first-order valence-corrected chi connectivity index (χ1v) is 6.01. The summed E-state index contributed by atoms with van der Waals surface area (Å²) in [6.45, 7) is 1.35. The zero-order valence-electron chi connectivity index (χ0n) is 9.04. The van der Waals surface area contributed by atoms with Crippen molar-refractivity contribution in [1.29, 1.82) is 0 Å². The Balaban J connectivity index is 2.98. The van der Waals surface area contributed by atoms with Gasteiger partial charge < -0.3 is 10.4 Å². The molecule has 0 aliphatic carbocycles. The molecule has 0 spiro atoms. The lowest BCUT2D eigenvalue weighted by molar-refractivity contribution is -0.137. The minimum absolute atomic E-state index is 0.173. The molecule has 0 saturated carbocycles. The van der Waals surface area contributed by atoms with E-state index in [0.717, 1.165) is 0 Å². The Kier molecular flexibility index (Phi) is 4.96. The van der Waals surface area contributed by atoms with Crippen LogP contribution in [0.15, 0.2) is 22.7 Å². The third-order valence-corrected chi connectivity index (χ3v) is 3.32. The molecular formula is C11H11BrClNO3. The summed E-state index contributed by atoms with van der Waals surface area (Å²) in [7, 11) is 0. The fraction of sp³-hybridized carbons (Fsp3) is 0.273. The van der Waals surface area contributed by atoms with Gasteiger partial charge in [0.2, 0.25) is 5.91 Å². The quantitative estimate of drug-likeness (QED) is 0.896. The lowest BCUT2D eigenvalue weighted by Crippen LogP contribution is -2.27. The predicted octanol–water partition coefficient (Wildman–Crippen LogP) is 2.75. The average molecular weight is 321 g/mol. The molecule has 0 aliphatic heterocycles. The minimum Gasteiger partial charge on any atom is -0.481 e. The van der Waals surface area contributed by atoms with Crippen molar-refractivity contribution in [3.8, 4) is 0 Å². The molecule has 0 saturated heterocycles. The number of nitrogens with one attached hydrogen (secondary N) is 1. The highest BCUT2D eigenvalue weighted by Gasteiger charge is 2.17. The SMILES string of the molecule is CC(=O)N[C@H](CC(=O)O)c1ccc(Cl)c(Br)c1. The van der Waals surface area contributed by atoms with Crippen LogP contribution in [0.2, 0.25) is 5.02 Å². The summed E-state index contributed by atoms with van der Waals surface area (Å²) in [6.07, 6.45) is -0.173. The number of carbonyl (C=O) groups is 2. The summed E-state index contributed by atoms with van der Waals surface area (Å²) in [5.41, 5.74) is 0.693. The van der Waals surface area contributed by atoms with Gasteiger partial charge in [-0.2, -0.15) is 0 Å². The van der Waals surface area contributed by atoms with Gasteiger partial charge in [0, 0.05) is 11.4 Å². The topological polar surface area (TPSA) is 66.4 Å². The van der Waals surface area contributed by atoms with Crippen molar-refractivity contribution in [1.82, 2.24) is 5.32 Å². The summed E-state index contributed by atoms with van der Waals surface area (Å²) >= 11 is 9.10. The zero-order chi connectivity index (χ0) is 13.0. The van der Waals surface area contributed by atoms with Gasteiger partial charge in [-0.25, -0.2) is 0 Å². The first-order chi connectivity index (χ1) is 7.90. The molecule has 0 unspecified atom stereocenters. The van der Waals surface area contributed by atoms with Crippen molar-refractivity contribution in [2.45, 2.75) is 19.4 Å². The second-order valence-electron chi connectivity index (χ2n) is 3.52. The lowest BCUT2D eigenvalue weighted by atomic mass is 10.0. The molecule has 0 heterocycles. The molecule has 0 aromatic heterocycles. The molecular weight excluding hydrogens is 309 g/mol. The second kappa shape index (κ2) is 6.02. The van der Waals surface area contributed by atoms with E-state index in [1.54, 1.807) is 18.2 Å². The molecule has 6 heteroatoms. The van der Waals surface area contributed by atoms with Crippen molar-refractivity contribution in [2.75, 3.05) is 0 Å². The van der Waals surface area contributed by atoms with Crippen LogP contribution in [-0.4, -0.2) is 17.0 Å². The number of carboxylic acids is 1. The highest BCUT2D eigenvalue weighted by molar-refractivity contribution is 9.10. The number of rotatable bonds is 4. The van der Waals surface area contributed by atoms with Crippen molar-refractivity contribution < 1.29 is 14.7 Å². The van der Waals surface area contributed by atoms with E-state index < -0.39 is 12.0 Å². The van der Waals surface area contributed by atoms with Crippen molar-refractivity contribution in [2.24, 2.45) is 0 Å². The number of halogens is 2. The largest absolute Gasteiger partial charge is 0.481 e. The highest BCUT2D eigenvalue weighted by atomic mass is 79.9. The number of hydrogen-bond acceptors (Lipinski definition) is 2. The maximum absolute atomic E-state index is 11.0.